The van der Waals surface area contributed by atoms with Gasteiger partial charge in [-0.15, -0.1) is 5.10 Å². The summed E-state index contributed by atoms with van der Waals surface area (Å²) in [5.74, 6) is -0.978. The van der Waals surface area contributed by atoms with Crippen LogP contribution in [0.25, 0.3) is 11.3 Å². The van der Waals surface area contributed by atoms with Gasteiger partial charge in [-0.1, -0.05) is 17.3 Å². The van der Waals surface area contributed by atoms with Crippen molar-refractivity contribution in [3.05, 3.63) is 36.0 Å². The second-order valence-corrected chi connectivity index (χ2v) is 4.88. The molecule has 0 saturated carbocycles. The van der Waals surface area contributed by atoms with Crippen LogP contribution < -0.4 is 0 Å². The molecule has 0 aliphatic heterocycles. The minimum absolute atomic E-state index is 0.209. The molecule has 1 heterocycles. The van der Waals surface area contributed by atoms with Crippen molar-refractivity contribution in [3.63, 3.8) is 0 Å². The van der Waals surface area contributed by atoms with Crippen molar-refractivity contribution in [2.24, 2.45) is 0 Å². The van der Waals surface area contributed by atoms with Gasteiger partial charge in [0.05, 0.1) is 17.3 Å². The van der Waals surface area contributed by atoms with Gasteiger partial charge in [0.15, 0.2) is 0 Å². The lowest BCUT2D eigenvalue weighted by molar-refractivity contribution is 0.0697. The Morgan fingerprint density at radius 1 is 1.37 bits per heavy atom. The largest absolute Gasteiger partial charge is 0.478 e. The summed E-state index contributed by atoms with van der Waals surface area (Å²) in [7, 11) is 0. The van der Waals surface area contributed by atoms with Crippen LogP contribution >= 0.6 is 0 Å². The van der Waals surface area contributed by atoms with Crippen LogP contribution in [0.2, 0.25) is 0 Å². The van der Waals surface area contributed by atoms with Crippen LogP contribution in [-0.2, 0) is 5.54 Å². The third-order valence-corrected chi connectivity index (χ3v) is 2.87. The molecule has 0 fully saturated rings. The Hall–Kier alpha value is -2.24. The number of hydrogen-bond donors (Lipinski definition) is 1. The molecule has 2 aromatic rings. The van der Waals surface area contributed by atoms with Gasteiger partial charge in [-0.05, 0) is 26.0 Å². The molecule has 0 saturated heterocycles. The Morgan fingerprint density at radius 3 is 2.53 bits per heavy atom. The molecule has 100 valence electrons. The summed E-state index contributed by atoms with van der Waals surface area (Å²) in [4.78, 5) is 10.7. The molecule has 0 atom stereocenters. The van der Waals surface area contributed by atoms with Crippen molar-refractivity contribution >= 4 is 5.97 Å². The van der Waals surface area contributed by atoms with E-state index in [4.69, 9.17) is 5.11 Å². The van der Waals surface area contributed by atoms with Crippen molar-refractivity contribution < 1.29 is 14.3 Å². The molecule has 19 heavy (non-hydrogen) atoms. The van der Waals surface area contributed by atoms with Crippen LogP contribution in [0.5, 0.6) is 0 Å². The summed E-state index contributed by atoms with van der Waals surface area (Å²) in [6.45, 7) is 2.89. The molecule has 0 unspecified atom stereocenters. The summed E-state index contributed by atoms with van der Waals surface area (Å²) in [5.41, 5.74) is 0.788. The minimum atomic E-state index is -0.978. The van der Waals surface area contributed by atoms with E-state index in [-0.39, 0.29) is 5.56 Å². The maximum atomic E-state index is 12.9. The van der Waals surface area contributed by atoms with E-state index < -0.39 is 18.2 Å². The molecule has 0 aliphatic rings. The zero-order valence-corrected chi connectivity index (χ0v) is 10.7. The monoisotopic (exact) mass is 263 g/mol. The number of hydrogen-bond acceptors (Lipinski definition) is 3. The van der Waals surface area contributed by atoms with Crippen LogP contribution in [-0.4, -0.2) is 32.7 Å². The van der Waals surface area contributed by atoms with Gasteiger partial charge in [0.1, 0.15) is 12.4 Å². The molecule has 0 spiro atoms. The van der Waals surface area contributed by atoms with Crippen LogP contribution in [0.15, 0.2) is 30.5 Å². The Bertz CT molecular complexity index is 590. The molecular formula is C13H14FN3O2. The van der Waals surface area contributed by atoms with E-state index in [0.29, 0.717) is 5.69 Å². The Morgan fingerprint density at radius 2 is 2.00 bits per heavy atom. The maximum absolute atomic E-state index is 12.9. The third-order valence-electron chi connectivity index (χ3n) is 2.87. The molecule has 0 amide bonds. The molecule has 1 aromatic carbocycles. The highest BCUT2D eigenvalue weighted by Crippen LogP contribution is 2.20. The normalized spacial score (nSPS) is 11.5. The van der Waals surface area contributed by atoms with Gasteiger partial charge in [-0.2, -0.15) is 0 Å². The number of halogens is 1. The van der Waals surface area contributed by atoms with Gasteiger partial charge < -0.3 is 5.11 Å². The fraction of sp³-hybridized carbons (Fsp3) is 0.308. The maximum Gasteiger partial charge on any atom is 0.335 e. The second-order valence-electron chi connectivity index (χ2n) is 4.88. The van der Waals surface area contributed by atoms with Gasteiger partial charge in [0.2, 0.25) is 0 Å². The standard InChI is InChI=1S/C13H14FN3O2/c1-13(2,8-14)17-7-11(15-16-17)9-3-5-10(6-4-9)12(18)19/h3-7H,8H2,1-2H3,(H,18,19). The first-order chi connectivity index (χ1) is 8.94. The molecule has 1 aromatic heterocycles. The smallest absolute Gasteiger partial charge is 0.335 e. The van der Waals surface area contributed by atoms with Crippen molar-refractivity contribution in [1.82, 2.24) is 15.0 Å². The van der Waals surface area contributed by atoms with Crippen molar-refractivity contribution in [1.29, 1.82) is 0 Å². The first kappa shape index (κ1) is 13.2. The van der Waals surface area contributed by atoms with E-state index in [0.717, 1.165) is 5.56 Å². The molecular weight excluding hydrogens is 249 g/mol. The highest BCUT2D eigenvalue weighted by atomic mass is 19.1. The minimum Gasteiger partial charge on any atom is -0.478 e. The summed E-state index contributed by atoms with van der Waals surface area (Å²) < 4.78 is 14.3. The van der Waals surface area contributed by atoms with E-state index >= 15 is 0 Å². The first-order valence-corrected chi connectivity index (χ1v) is 5.76. The lowest BCUT2D eigenvalue weighted by atomic mass is 10.1. The first-order valence-electron chi connectivity index (χ1n) is 5.76. The van der Waals surface area contributed by atoms with E-state index in [1.807, 2.05) is 0 Å². The second kappa shape index (κ2) is 4.79. The lowest BCUT2D eigenvalue weighted by Gasteiger charge is -2.19. The summed E-state index contributed by atoms with van der Waals surface area (Å²) in [6, 6.07) is 6.30. The average molecular weight is 263 g/mol. The van der Waals surface area contributed by atoms with Gasteiger partial charge in [0.25, 0.3) is 0 Å². The van der Waals surface area contributed by atoms with Crippen LogP contribution in [0.3, 0.4) is 0 Å². The van der Waals surface area contributed by atoms with E-state index in [9.17, 15) is 9.18 Å². The Balaban J connectivity index is 2.30. The quantitative estimate of drug-likeness (QED) is 0.919. The van der Waals surface area contributed by atoms with Crippen molar-refractivity contribution in [3.8, 4) is 11.3 Å². The van der Waals surface area contributed by atoms with Crippen LogP contribution in [0.4, 0.5) is 4.39 Å². The van der Waals surface area contributed by atoms with Crippen LogP contribution in [0, 0.1) is 0 Å². The fourth-order valence-corrected chi connectivity index (χ4v) is 1.54. The Kier molecular flexibility index (Phi) is 3.33. The number of carboxylic acids is 1. The van der Waals surface area contributed by atoms with E-state index in [1.165, 1.54) is 16.8 Å². The molecule has 1 N–H and O–H groups in total. The van der Waals surface area contributed by atoms with Crippen LogP contribution in [0.1, 0.15) is 24.2 Å². The average Bonchev–Trinajstić information content (AvgIpc) is 2.89. The number of carbonyl (C=O) groups is 1. The predicted molar refractivity (Wildman–Crippen MR) is 67.7 cm³/mol. The van der Waals surface area contributed by atoms with Gasteiger partial charge >= 0.3 is 5.97 Å². The topological polar surface area (TPSA) is 68.0 Å². The molecule has 0 bridgehead atoms. The molecule has 2 rings (SSSR count). The predicted octanol–water partition coefficient (Wildman–Crippen LogP) is 2.35. The lowest BCUT2D eigenvalue weighted by Crippen LogP contribution is -2.29. The number of rotatable bonds is 4. The van der Waals surface area contributed by atoms with Crippen molar-refractivity contribution in [2.75, 3.05) is 6.67 Å². The summed E-state index contributed by atoms with van der Waals surface area (Å²) >= 11 is 0. The van der Waals surface area contributed by atoms with Crippen molar-refractivity contribution in [2.45, 2.75) is 19.4 Å². The number of nitrogens with zero attached hydrogens (tertiary/aromatic N) is 3. The fourth-order valence-electron chi connectivity index (χ4n) is 1.54. The number of aromatic carboxylic acids is 1. The molecule has 0 aliphatic carbocycles. The molecule has 6 heteroatoms. The zero-order valence-electron chi connectivity index (χ0n) is 10.7. The zero-order chi connectivity index (χ0) is 14.0. The number of benzene rings is 1. The van der Waals surface area contributed by atoms with Gasteiger partial charge in [0, 0.05) is 5.56 Å². The number of aromatic nitrogens is 3. The highest BCUT2D eigenvalue weighted by Gasteiger charge is 2.22. The SMILES string of the molecule is CC(C)(CF)n1cc(-c2ccc(C(=O)O)cc2)nn1. The van der Waals surface area contributed by atoms with E-state index in [1.54, 1.807) is 32.2 Å². The third kappa shape index (κ3) is 2.62. The van der Waals surface area contributed by atoms with E-state index in [2.05, 4.69) is 10.3 Å². The number of carboxylic acid groups (broad SMARTS) is 1. The number of alkyl halides is 1. The van der Waals surface area contributed by atoms with Gasteiger partial charge in [-0.3, -0.25) is 0 Å². The summed E-state index contributed by atoms with van der Waals surface area (Å²) in [6.07, 6.45) is 1.65. The molecule has 5 nitrogen and oxygen atoms in total. The Labute approximate surface area is 109 Å². The molecule has 0 radical (unpaired) electrons. The van der Waals surface area contributed by atoms with Gasteiger partial charge in [-0.25, -0.2) is 13.9 Å². The summed E-state index contributed by atoms with van der Waals surface area (Å²) in [5, 5.41) is 16.7. The highest BCUT2D eigenvalue weighted by molar-refractivity contribution is 5.88.